The fourth-order valence-electron chi connectivity index (χ4n) is 1.59. The molecule has 0 aliphatic heterocycles. The van der Waals surface area contributed by atoms with Gasteiger partial charge in [-0.05, 0) is 12.1 Å². The summed E-state index contributed by atoms with van der Waals surface area (Å²) in [5.41, 5.74) is 13.1. The highest BCUT2D eigenvalue weighted by Crippen LogP contribution is 2.15. The maximum absolute atomic E-state index is 5.88. The molecule has 96 valence electrons. The average Bonchev–Trinajstić information content (AvgIpc) is 2.42. The van der Waals surface area contributed by atoms with Gasteiger partial charge in [-0.3, -0.25) is 0 Å². The Bertz CT molecular complexity index is 599. The van der Waals surface area contributed by atoms with Crippen molar-refractivity contribution in [3.63, 3.8) is 0 Å². The first-order chi connectivity index (χ1) is 9.16. The van der Waals surface area contributed by atoms with Crippen LogP contribution in [0.5, 0.6) is 0 Å². The Hall–Kier alpha value is -2.33. The molecule has 0 radical (unpaired) electrons. The SMILES string of the molecule is NC(N)=N/N=C(/c1ccccc1)c1ccc(Cl)cc1. The summed E-state index contributed by atoms with van der Waals surface area (Å²) >= 11 is 5.88. The lowest BCUT2D eigenvalue weighted by atomic mass is 10.0. The highest BCUT2D eigenvalue weighted by atomic mass is 35.5. The molecule has 0 spiro atoms. The minimum absolute atomic E-state index is 0.0811. The predicted octanol–water partition coefficient (Wildman–Crippen LogP) is 2.37. The molecular weight excluding hydrogens is 260 g/mol. The summed E-state index contributed by atoms with van der Waals surface area (Å²) in [6.45, 7) is 0. The van der Waals surface area contributed by atoms with Crippen molar-refractivity contribution in [3.05, 3.63) is 70.7 Å². The second-order valence-electron chi connectivity index (χ2n) is 3.85. The maximum atomic E-state index is 5.88. The Kier molecular flexibility index (Phi) is 4.15. The molecule has 0 amide bonds. The lowest BCUT2D eigenvalue weighted by Crippen LogP contribution is -2.22. The van der Waals surface area contributed by atoms with Crippen LogP contribution in [0, 0.1) is 0 Å². The molecule has 19 heavy (non-hydrogen) atoms. The number of nitrogens with zero attached hydrogens (tertiary/aromatic N) is 2. The van der Waals surface area contributed by atoms with Crippen LogP contribution in [0.15, 0.2) is 64.8 Å². The van der Waals surface area contributed by atoms with E-state index in [-0.39, 0.29) is 5.96 Å². The molecule has 5 heteroatoms. The molecular formula is C14H13ClN4. The van der Waals surface area contributed by atoms with Crippen LogP contribution in [0.25, 0.3) is 0 Å². The van der Waals surface area contributed by atoms with Gasteiger partial charge in [0.2, 0.25) is 5.96 Å². The molecule has 0 atom stereocenters. The first kappa shape index (κ1) is 13.1. The van der Waals surface area contributed by atoms with E-state index in [0.717, 1.165) is 11.1 Å². The zero-order valence-corrected chi connectivity index (χ0v) is 10.9. The van der Waals surface area contributed by atoms with Crippen molar-refractivity contribution in [2.24, 2.45) is 21.7 Å². The van der Waals surface area contributed by atoms with E-state index in [1.165, 1.54) is 0 Å². The van der Waals surface area contributed by atoms with Crippen molar-refractivity contribution in [3.8, 4) is 0 Å². The fraction of sp³-hybridized carbons (Fsp3) is 0. The van der Waals surface area contributed by atoms with Gasteiger partial charge in [0, 0.05) is 16.1 Å². The van der Waals surface area contributed by atoms with Crippen molar-refractivity contribution in [1.29, 1.82) is 0 Å². The van der Waals surface area contributed by atoms with Crippen LogP contribution in [0.2, 0.25) is 5.02 Å². The van der Waals surface area contributed by atoms with Crippen molar-refractivity contribution < 1.29 is 0 Å². The largest absolute Gasteiger partial charge is 0.369 e. The number of halogens is 1. The highest BCUT2D eigenvalue weighted by Gasteiger charge is 2.06. The minimum Gasteiger partial charge on any atom is -0.369 e. The summed E-state index contributed by atoms with van der Waals surface area (Å²) in [6, 6.07) is 17.0. The van der Waals surface area contributed by atoms with Gasteiger partial charge in [0.25, 0.3) is 0 Å². The molecule has 0 heterocycles. The molecule has 0 aliphatic carbocycles. The Labute approximate surface area is 116 Å². The van der Waals surface area contributed by atoms with Gasteiger partial charge < -0.3 is 11.5 Å². The smallest absolute Gasteiger partial charge is 0.211 e. The van der Waals surface area contributed by atoms with Gasteiger partial charge in [-0.25, -0.2) is 0 Å². The molecule has 0 bridgehead atoms. The van der Waals surface area contributed by atoms with E-state index in [4.69, 9.17) is 23.1 Å². The zero-order chi connectivity index (χ0) is 13.7. The van der Waals surface area contributed by atoms with E-state index >= 15 is 0 Å². The molecule has 0 aromatic heterocycles. The highest BCUT2D eigenvalue weighted by molar-refractivity contribution is 6.30. The zero-order valence-electron chi connectivity index (χ0n) is 10.1. The molecule has 2 rings (SSSR count). The summed E-state index contributed by atoms with van der Waals surface area (Å²) in [4.78, 5) is 0. The Morgan fingerprint density at radius 1 is 0.789 bits per heavy atom. The van der Waals surface area contributed by atoms with Crippen LogP contribution >= 0.6 is 11.6 Å². The summed E-state index contributed by atoms with van der Waals surface area (Å²) in [5.74, 6) is -0.0811. The number of nitrogens with two attached hydrogens (primary N) is 2. The second kappa shape index (κ2) is 6.02. The fourth-order valence-corrected chi connectivity index (χ4v) is 1.72. The number of rotatable bonds is 3. The summed E-state index contributed by atoms with van der Waals surface area (Å²) in [5, 5.41) is 8.50. The van der Waals surface area contributed by atoms with Crippen LogP contribution in [0.1, 0.15) is 11.1 Å². The van der Waals surface area contributed by atoms with Gasteiger partial charge in [-0.15, -0.1) is 10.2 Å². The summed E-state index contributed by atoms with van der Waals surface area (Å²) in [6.07, 6.45) is 0. The Balaban J connectivity index is 2.49. The molecule has 4 nitrogen and oxygen atoms in total. The first-order valence-corrected chi connectivity index (χ1v) is 6.02. The third kappa shape index (κ3) is 3.56. The van der Waals surface area contributed by atoms with Gasteiger partial charge in [0.05, 0.1) is 0 Å². The third-order valence-electron chi connectivity index (χ3n) is 2.43. The Morgan fingerprint density at radius 2 is 1.37 bits per heavy atom. The predicted molar refractivity (Wildman–Crippen MR) is 79.3 cm³/mol. The van der Waals surface area contributed by atoms with E-state index in [9.17, 15) is 0 Å². The molecule has 0 unspecified atom stereocenters. The topological polar surface area (TPSA) is 76.8 Å². The van der Waals surface area contributed by atoms with Crippen molar-refractivity contribution in [2.45, 2.75) is 0 Å². The van der Waals surface area contributed by atoms with Crippen molar-refractivity contribution >= 4 is 23.3 Å². The minimum atomic E-state index is -0.0811. The maximum Gasteiger partial charge on any atom is 0.211 e. The standard InChI is InChI=1S/C14H13ClN4/c15-12-8-6-11(7-9-12)13(18-19-14(16)17)10-4-2-1-3-5-10/h1-9H,(H4,16,17,19)/b18-13-. The number of hydrogen-bond acceptors (Lipinski definition) is 2. The number of benzene rings is 2. The van der Waals surface area contributed by atoms with Crippen LogP contribution in [0.4, 0.5) is 0 Å². The number of hydrogen-bond donors (Lipinski definition) is 2. The van der Waals surface area contributed by atoms with E-state index in [0.29, 0.717) is 10.7 Å². The lowest BCUT2D eigenvalue weighted by Gasteiger charge is -2.05. The molecule has 2 aromatic rings. The van der Waals surface area contributed by atoms with Gasteiger partial charge in [-0.1, -0.05) is 54.1 Å². The van der Waals surface area contributed by atoms with Crippen LogP contribution in [-0.2, 0) is 0 Å². The van der Waals surface area contributed by atoms with Gasteiger partial charge in [0.15, 0.2) is 0 Å². The van der Waals surface area contributed by atoms with Crippen molar-refractivity contribution in [1.82, 2.24) is 0 Å². The summed E-state index contributed by atoms with van der Waals surface area (Å²) < 4.78 is 0. The van der Waals surface area contributed by atoms with Crippen LogP contribution < -0.4 is 11.5 Å². The molecule has 0 saturated heterocycles. The van der Waals surface area contributed by atoms with Gasteiger partial charge in [0.1, 0.15) is 5.71 Å². The Morgan fingerprint density at radius 3 is 1.95 bits per heavy atom. The first-order valence-electron chi connectivity index (χ1n) is 5.65. The van der Waals surface area contributed by atoms with Gasteiger partial charge >= 0.3 is 0 Å². The van der Waals surface area contributed by atoms with E-state index in [1.54, 1.807) is 12.1 Å². The third-order valence-corrected chi connectivity index (χ3v) is 2.68. The van der Waals surface area contributed by atoms with E-state index < -0.39 is 0 Å². The van der Waals surface area contributed by atoms with Crippen LogP contribution in [0.3, 0.4) is 0 Å². The monoisotopic (exact) mass is 272 g/mol. The molecule has 0 saturated carbocycles. The summed E-state index contributed by atoms with van der Waals surface area (Å²) in [7, 11) is 0. The van der Waals surface area contributed by atoms with Crippen LogP contribution in [-0.4, -0.2) is 11.7 Å². The molecule has 0 aliphatic rings. The molecule has 2 aromatic carbocycles. The quantitative estimate of drug-likeness (QED) is 0.511. The van der Waals surface area contributed by atoms with E-state index in [2.05, 4.69) is 10.2 Å². The second-order valence-corrected chi connectivity index (χ2v) is 4.28. The molecule has 0 fully saturated rings. The van der Waals surface area contributed by atoms with E-state index in [1.807, 2.05) is 42.5 Å². The van der Waals surface area contributed by atoms with Gasteiger partial charge in [-0.2, -0.15) is 0 Å². The normalized spacial score (nSPS) is 11.1. The number of guanidine groups is 1. The lowest BCUT2D eigenvalue weighted by molar-refractivity contribution is 1.20. The molecule has 4 N–H and O–H groups in total. The van der Waals surface area contributed by atoms with Crippen molar-refractivity contribution in [2.75, 3.05) is 0 Å². The average molecular weight is 273 g/mol.